The minimum atomic E-state index is -0.176. The number of hydrogen-bond acceptors (Lipinski definition) is 4. The lowest BCUT2D eigenvalue weighted by atomic mass is 10.1. The Labute approximate surface area is 91.9 Å². The lowest BCUT2D eigenvalue weighted by Gasteiger charge is -2.32. The van der Waals surface area contributed by atoms with Crippen LogP contribution < -0.4 is 11.3 Å². The molecule has 0 aromatic carbocycles. The highest BCUT2D eigenvalue weighted by Gasteiger charge is 2.25. The lowest BCUT2D eigenvalue weighted by molar-refractivity contribution is -0.127. The molecule has 0 spiro atoms. The summed E-state index contributed by atoms with van der Waals surface area (Å²) in [7, 11) is 1.66. The van der Waals surface area contributed by atoms with Crippen LogP contribution in [0.15, 0.2) is 0 Å². The third-order valence-corrected chi connectivity index (χ3v) is 2.45. The van der Waals surface area contributed by atoms with Gasteiger partial charge in [-0.1, -0.05) is 6.92 Å². The Kier molecular flexibility index (Phi) is 7.29. The molecule has 0 fully saturated rings. The first-order valence-corrected chi connectivity index (χ1v) is 5.33. The fourth-order valence-corrected chi connectivity index (χ4v) is 1.64. The summed E-state index contributed by atoms with van der Waals surface area (Å²) in [5.74, 6) is 5.02. The van der Waals surface area contributed by atoms with Gasteiger partial charge in [-0.25, -0.2) is 5.84 Å². The van der Waals surface area contributed by atoms with Crippen LogP contribution in [0, 0.1) is 0 Å². The van der Waals surface area contributed by atoms with Crippen molar-refractivity contribution in [3.8, 4) is 0 Å². The van der Waals surface area contributed by atoms with Crippen molar-refractivity contribution in [2.75, 3.05) is 20.3 Å². The molecule has 0 bridgehead atoms. The number of hydrogen-bond donors (Lipinski definition) is 2. The van der Waals surface area contributed by atoms with Crippen molar-refractivity contribution in [2.24, 2.45) is 5.84 Å². The number of ether oxygens (including phenoxy) is 1. The molecule has 0 radical (unpaired) electrons. The van der Waals surface area contributed by atoms with E-state index in [1.807, 2.05) is 6.92 Å². The SMILES string of the molecule is CCC(C(=O)NN)N(CCOC)C(C)C. The van der Waals surface area contributed by atoms with E-state index < -0.39 is 0 Å². The zero-order chi connectivity index (χ0) is 11.8. The van der Waals surface area contributed by atoms with Crippen molar-refractivity contribution in [2.45, 2.75) is 39.3 Å². The fraction of sp³-hybridized carbons (Fsp3) is 0.900. The molecule has 90 valence electrons. The summed E-state index contributed by atoms with van der Waals surface area (Å²) >= 11 is 0. The lowest BCUT2D eigenvalue weighted by Crippen LogP contribution is -2.52. The summed E-state index contributed by atoms with van der Waals surface area (Å²) < 4.78 is 5.03. The van der Waals surface area contributed by atoms with Gasteiger partial charge in [0.1, 0.15) is 0 Å². The van der Waals surface area contributed by atoms with Crippen LogP contribution >= 0.6 is 0 Å². The molecular formula is C10H23N3O2. The van der Waals surface area contributed by atoms with Crippen molar-refractivity contribution in [3.63, 3.8) is 0 Å². The first-order valence-electron chi connectivity index (χ1n) is 5.33. The van der Waals surface area contributed by atoms with Crippen LogP contribution in [0.2, 0.25) is 0 Å². The highest BCUT2D eigenvalue weighted by Crippen LogP contribution is 2.08. The third-order valence-electron chi connectivity index (χ3n) is 2.45. The Morgan fingerprint density at radius 2 is 2.13 bits per heavy atom. The van der Waals surface area contributed by atoms with Crippen LogP contribution in [0.5, 0.6) is 0 Å². The Bertz CT molecular complexity index is 186. The zero-order valence-electron chi connectivity index (χ0n) is 10.1. The first-order chi connectivity index (χ1) is 7.08. The molecule has 0 aromatic heterocycles. The van der Waals surface area contributed by atoms with Gasteiger partial charge in [0.25, 0.3) is 5.91 Å². The molecule has 0 saturated carbocycles. The van der Waals surface area contributed by atoms with Crippen molar-refractivity contribution < 1.29 is 9.53 Å². The second kappa shape index (κ2) is 7.62. The molecule has 5 nitrogen and oxygen atoms in total. The van der Waals surface area contributed by atoms with Crippen molar-refractivity contribution in [3.05, 3.63) is 0 Å². The Morgan fingerprint density at radius 3 is 2.47 bits per heavy atom. The predicted molar refractivity (Wildman–Crippen MR) is 60.1 cm³/mol. The zero-order valence-corrected chi connectivity index (χ0v) is 10.1. The number of methoxy groups -OCH3 is 1. The van der Waals surface area contributed by atoms with Gasteiger partial charge in [0.2, 0.25) is 0 Å². The summed E-state index contributed by atoms with van der Waals surface area (Å²) in [5, 5.41) is 0. The van der Waals surface area contributed by atoms with Gasteiger partial charge in [0, 0.05) is 19.7 Å². The molecule has 0 saturated heterocycles. The maximum absolute atomic E-state index is 11.5. The standard InChI is InChI=1S/C10H23N3O2/c1-5-9(10(14)12-11)13(8(2)3)6-7-15-4/h8-9H,5-7,11H2,1-4H3,(H,12,14). The minimum Gasteiger partial charge on any atom is -0.383 e. The third kappa shape index (κ3) is 4.59. The van der Waals surface area contributed by atoms with Gasteiger partial charge in [-0.3, -0.25) is 15.1 Å². The number of nitrogens with zero attached hydrogens (tertiary/aromatic N) is 1. The average molecular weight is 217 g/mol. The van der Waals surface area contributed by atoms with E-state index in [2.05, 4.69) is 24.2 Å². The summed E-state index contributed by atoms with van der Waals surface area (Å²) in [6, 6.07) is 0.118. The van der Waals surface area contributed by atoms with E-state index >= 15 is 0 Å². The van der Waals surface area contributed by atoms with Gasteiger partial charge >= 0.3 is 0 Å². The molecule has 0 aliphatic carbocycles. The monoisotopic (exact) mass is 217 g/mol. The van der Waals surface area contributed by atoms with Gasteiger partial charge in [-0.05, 0) is 20.3 Å². The molecule has 1 amide bonds. The Balaban J connectivity index is 4.47. The molecule has 0 aliphatic heterocycles. The fourth-order valence-electron chi connectivity index (χ4n) is 1.64. The summed E-state index contributed by atoms with van der Waals surface area (Å²) in [6.07, 6.45) is 0.741. The summed E-state index contributed by atoms with van der Waals surface area (Å²) in [4.78, 5) is 13.6. The maximum Gasteiger partial charge on any atom is 0.251 e. The second-order valence-electron chi connectivity index (χ2n) is 3.76. The number of hydrazine groups is 1. The number of nitrogens with two attached hydrogens (primary N) is 1. The summed E-state index contributed by atoms with van der Waals surface area (Å²) in [6.45, 7) is 7.44. The van der Waals surface area contributed by atoms with Crippen molar-refractivity contribution >= 4 is 5.91 Å². The van der Waals surface area contributed by atoms with Crippen LogP contribution in [0.25, 0.3) is 0 Å². The molecule has 3 N–H and O–H groups in total. The average Bonchev–Trinajstić information content (AvgIpc) is 2.22. The van der Waals surface area contributed by atoms with Crippen molar-refractivity contribution in [1.29, 1.82) is 0 Å². The molecule has 0 aliphatic rings. The van der Waals surface area contributed by atoms with E-state index in [4.69, 9.17) is 10.6 Å². The topological polar surface area (TPSA) is 67.6 Å². The van der Waals surface area contributed by atoms with Gasteiger partial charge in [0.05, 0.1) is 12.6 Å². The van der Waals surface area contributed by atoms with Crippen LogP contribution in [-0.2, 0) is 9.53 Å². The van der Waals surface area contributed by atoms with E-state index in [9.17, 15) is 4.79 Å². The van der Waals surface area contributed by atoms with Crippen LogP contribution in [0.4, 0.5) is 0 Å². The Morgan fingerprint density at radius 1 is 1.53 bits per heavy atom. The highest BCUT2D eigenvalue weighted by atomic mass is 16.5. The number of carbonyl (C=O) groups is 1. The van der Waals surface area contributed by atoms with Crippen LogP contribution in [0.3, 0.4) is 0 Å². The van der Waals surface area contributed by atoms with E-state index in [0.29, 0.717) is 12.6 Å². The van der Waals surface area contributed by atoms with E-state index in [1.165, 1.54) is 0 Å². The first kappa shape index (κ1) is 14.3. The molecule has 5 heteroatoms. The van der Waals surface area contributed by atoms with Gasteiger partial charge in [-0.15, -0.1) is 0 Å². The summed E-state index contributed by atoms with van der Waals surface area (Å²) in [5.41, 5.74) is 2.21. The van der Waals surface area contributed by atoms with Crippen LogP contribution in [0.1, 0.15) is 27.2 Å². The van der Waals surface area contributed by atoms with E-state index in [1.54, 1.807) is 7.11 Å². The smallest absolute Gasteiger partial charge is 0.251 e. The van der Waals surface area contributed by atoms with Crippen LogP contribution in [-0.4, -0.2) is 43.2 Å². The number of rotatable bonds is 7. The number of nitrogens with one attached hydrogen (secondary N) is 1. The largest absolute Gasteiger partial charge is 0.383 e. The van der Waals surface area contributed by atoms with Gasteiger partial charge in [0.15, 0.2) is 0 Å². The molecule has 1 unspecified atom stereocenters. The molecule has 0 aromatic rings. The molecular weight excluding hydrogens is 194 g/mol. The second-order valence-corrected chi connectivity index (χ2v) is 3.76. The maximum atomic E-state index is 11.5. The molecule has 0 rings (SSSR count). The quantitative estimate of drug-likeness (QED) is 0.361. The normalized spacial score (nSPS) is 13.3. The molecule has 0 heterocycles. The van der Waals surface area contributed by atoms with E-state index in [0.717, 1.165) is 13.0 Å². The predicted octanol–water partition coefficient (Wildman–Crippen LogP) is 0.112. The number of carbonyl (C=O) groups excluding carboxylic acids is 1. The van der Waals surface area contributed by atoms with E-state index in [-0.39, 0.29) is 11.9 Å². The van der Waals surface area contributed by atoms with Crippen molar-refractivity contribution in [1.82, 2.24) is 10.3 Å². The Hall–Kier alpha value is -0.650. The number of amides is 1. The molecule has 1 atom stereocenters. The minimum absolute atomic E-state index is 0.137. The van der Waals surface area contributed by atoms with Gasteiger partial charge < -0.3 is 4.74 Å². The molecule has 15 heavy (non-hydrogen) atoms. The van der Waals surface area contributed by atoms with Gasteiger partial charge in [-0.2, -0.15) is 0 Å². The highest BCUT2D eigenvalue weighted by molar-refractivity contribution is 5.81.